The summed E-state index contributed by atoms with van der Waals surface area (Å²) in [6, 6.07) is 3.15. The summed E-state index contributed by atoms with van der Waals surface area (Å²) in [5.41, 5.74) is -1.37. The molecule has 1 heterocycles. The number of aryl methyl sites for hydroxylation is 1. The number of alkyl halides is 5. The maximum atomic E-state index is 13.2. The number of hydrogen-bond acceptors (Lipinski definition) is 5. The van der Waals surface area contributed by atoms with Crippen molar-refractivity contribution >= 4 is 29.4 Å². The molecule has 3 amide bonds. The van der Waals surface area contributed by atoms with Crippen LogP contribution in [0, 0.1) is 12.3 Å². The van der Waals surface area contributed by atoms with Gasteiger partial charge in [-0.3, -0.25) is 24.1 Å². The number of nitrogens with one attached hydrogen (secondary N) is 2. The van der Waals surface area contributed by atoms with Crippen LogP contribution in [0.3, 0.4) is 0 Å². The van der Waals surface area contributed by atoms with E-state index in [0.717, 1.165) is 18.7 Å². The number of ether oxygens (including phenoxy) is 1. The molecule has 2 atom stereocenters. The van der Waals surface area contributed by atoms with Crippen molar-refractivity contribution < 1.29 is 51.0 Å². The number of halogens is 5. The van der Waals surface area contributed by atoms with E-state index in [1.165, 1.54) is 24.4 Å². The van der Waals surface area contributed by atoms with E-state index in [2.05, 4.69) is 5.32 Å². The molecular weight excluding hydrogens is 485 g/mol. The van der Waals surface area contributed by atoms with Crippen molar-refractivity contribution in [3.8, 4) is 5.75 Å². The van der Waals surface area contributed by atoms with Crippen LogP contribution in [0.15, 0.2) is 18.2 Å². The van der Waals surface area contributed by atoms with Gasteiger partial charge < -0.3 is 20.5 Å². The molecule has 3 N–H and O–H groups in total. The number of nitrogens with zero attached hydrogens (tertiary/aromatic N) is 1. The molecule has 0 aliphatic carbocycles. The zero-order valence-corrected chi connectivity index (χ0v) is 19.1. The van der Waals surface area contributed by atoms with Gasteiger partial charge in [0.05, 0.1) is 12.2 Å². The fourth-order valence-electron chi connectivity index (χ4n) is 3.11. The van der Waals surface area contributed by atoms with Crippen LogP contribution in [0.4, 0.5) is 27.6 Å². The Morgan fingerprint density at radius 2 is 1.71 bits per heavy atom. The molecule has 2 rings (SSSR count). The van der Waals surface area contributed by atoms with E-state index >= 15 is 0 Å². The first-order valence-electron chi connectivity index (χ1n) is 10.2. The fraction of sp³-hybridized carbons (Fsp3) is 0.524. The molecule has 14 heteroatoms. The van der Waals surface area contributed by atoms with Crippen molar-refractivity contribution in [3.05, 3.63) is 23.8 Å². The summed E-state index contributed by atoms with van der Waals surface area (Å²) >= 11 is 0. The van der Waals surface area contributed by atoms with Crippen LogP contribution < -0.4 is 20.3 Å². The Balaban J connectivity index is 2.27. The van der Waals surface area contributed by atoms with E-state index in [1.54, 1.807) is 13.0 Å². The van der Waals surface area contributed by atoms with E-state index in [-0.39, 0.29) is 11.4 Å². The SMILES string of the molecule is Cc1ccc2c(c1)N(CC(=O)O)C(=O)[C@@H](NC(=O)C(C)(C)C(=O)NCC(F)(F)C(F)(F)F)[C@@H](C)O2. The third-order valence-electron chi connectivity index (χ3n) is 5.32. The lowest BCUT2D eigenvalue weighted by Crippen LogP contribution is -2.59. The summed E-state index contributed by atoms with van der Waals surface area (Å²) in [5, 5.41) is 12.9. The molecule has 0 unspecified atom stereocenters. The van der Waals surface area contributed by atoms with Gasteiger partial charge in [-0.2, -0.15) is 22.0 Å². The van der Waals surface area contributed by atoms with Crippen LogP contribution >= 0.6 is 0 Å². The summed E-state index contributed by atoms with van der Waals surface area (Å²) in [7, 11) is 0. The van der Waals surface area contributed by atoms with Gasteiger partial charge in [-0.05, 0) is 45.4 Å². The van der Waals surface area contributed by atoms with Crippen molar-refractivity contribution in [1.29, 1.82) is 0 Å². The number of carbonyl (C=O) groups is 4. The lowest BCUT2D eigenvalue weighted by atomic mass is 9.90. The number of hydrogen-bond donors (Lipinski definition) is 3. The summed E-state index contributed by atoms with van der Waals surface area (Å²) in [4.78, 5) is 50.6. The first-order chi connectivity index (χ1) is 15.9. The monoisotopic (exact) mass is 509 g/mol. The second-order valence-electron chi connectivity index (χ2n) is 8.57. The molecule has 35 heavy (non-hydrogen) atoms. The number of fused-ring (bicyclic) bond motifs is 1. The van der Waals surface area contributed by atoms with Gasteiger partial charge in [-0.25, -0.2) is 0 Å². The lowest BCUT2D eigenvalue weighted by molar-refractivity contribution is -0.278. The summed E-state index contributed by atoms with van der Waals surface area (Å²) in [6.45, 7) is 2.14. The van der Waals surface area contributed by atoms with Gasteiger partial charge in [0.2, 0.25) is 11.8 Å². The van der Waals surface area contributed by atoms with Crippen molar-refractivity contribution in [1.82, 2.24) is 10.6 Å². The molecule has 0 radical (unpaired) electrons. The highest BCUT2D eigenvalue weighted by atomic mass is 19.4. The minimum absolute atomic E-state index is 0.132. The van der Waals surface area contributed by atoms with Crippen LogP contribution in [-0.4, -0.2) is 66.1 Å². The van der Waals surface area contributed by atoms with E-state index in [1.807, 2.05) is 0 Å². The Kier molecular flexibility index (Phi) is 7.67. The van der Waals surface area contributed by atoms with Crippen LogP contribution in [-0.2, 0) is 19.2 Å². The van der Waals surface area contributed by atoms with Crippen molar-refractivity contribution in [3.63, 3.8) is 0 Å². The van der Waals surface area contributed by atoms with Gasteiger partial charge in [0, 0.05) is 0 Å². The van der Waals surface area contributed by atoms with E-state index in [9.17, 15) is 46.2 Å². The molecule has 194 valence electrons. The minimum Gasteiger partial charge on any atom is -0.486 e. The van der Waals surface area contributed by atoms with Gasteiger partial charge in [-0.15, -0.1) is 0 Å². The number of carbonyl (C=O) groups excluding carboxylic acids is 3. The Morgan fingerprint density at radius 3 is 2.26 bits per heavy atom. The van der Waals surface area contributed by atoms with Crippen molar-refractivity contribution in [2.75, 3.05) is 18.0 Å². The Labute approximate surface area is 196 Å². The number of aliphatic carboxylic acids is 1. The smallest absolute Gasteiger partial charge is 0.455 e. The Hall–Kier alpha value is -3.45. The van der Waals surface area contributed by atoms with Crippen LogP contribution in [0.25, 0.3) is 0 Å². The topological polar surface area (TPSA) is 125 Å². The molecule has 0 bridgehead atoms. The Morgan fingerprint density at radius 1 is 1.11 bits per heavy atom. The number of rotatable bonds is 7. The standard InChI is InChI=1S/C21H24F5N3O6/c1-10-5-6-13-12(7-10)29(8-14(30)31)16(32)15(11(2)35-13)28-18(34)19(3,4)17(33)27-9-20(22,23)21(24,25)26/h5-7,11,15H,8-9H2,1-4H3,(H,27,33)(H,28,34)(H,30,31)/t11-,15+/m1/s1. The number of carboxylic acids is 1. The second-order valence-corrected chi connectivity index (χ2v) is 8.57. The first-order valence-corrected chi connectivity index (χ1v) is 10.2. The highest BCUT2D eigenvalue weighted by molar-refractivity contribution is 6.08. The molecule has 0 aromatic heterocycles. The molecule has 0 spiro atoms. The van der Waals surface area contributed by atoms with Gasteiger partial charge in [0.1, 0.15) is 29.9 Å². The molecule has 1 aromatic rings. The molecular formula is C21H24F5N3O6. The Bertz CT molecular complexity index is 1030. The third-order valence-corrected chi connectivity index (χ3v) is 5.32. The average molecular weight is 509 g/mol. The van der Waals surface area contributed by atoms with E-state index in [4.69, 9.17) is 4.74 Å². The molecule has 0 saturated carbocycles. The largest absolute Gasteiger partial charge is 0.486 e. The predicted molar refractivity (Wildman–Crippen MR) is 111 cm³/mol. The normalized spacial score (nSPS) is 18.8. The summed E-state index contributed by atoms with van der Waals surface area (Å²) in [5.74, 6) is -9.96. The van der Waals surface area contributed by atoms with Crippen molar-refractivity contribution in [2.24, 2.45) is 5.41 Å². The first kappa shape index (κ1) is 27.8. The molecule has 0 fully saturated rings. The predicted octanol–water partition coefficient (Wildman–Crippen LogP) is 2.02. The lowest BCUT2D eigenvalue weighted by Gasteiger charge is -2.30. The second kappa shape index (κ2) is 9.66. The van der Waals surface area contributed by atoms with Crippen LogP contribution in [0.2, 0.25) is 0 Å². The number of benzene rings is 1. The third kappa shape index (κ3) is 5.98. The highest BCUT2D eigenvalue weighted by Crippen LogP contribution is 2.36. The molecule has 1 aliphatic rings. The quantitative estimate of drug-likeness (QED) is 0.382. The number of amides is 3. The number of anilines is 1. The number of carboxylic acid groups (broad SMARTS) is 1. The molecule has 1 aromatic carbocycles. The highest BCUT2D eigenvalue weighted by Gasteiger charge is 2.57. The fourth-order valence-corrected chi connectivity index (χ4v) is 3.11. The van der Waals surface area contributed by atoms with Gasteiger partial charge in [0.15, 0.2) is 0 Å². The molecule has 1 aliphatic heterocycles. The maximum Gasteiger partial charge on any atom is 0.455 e. The van der Waals surface area contributed by atoms with Gasteiger partial charge in [-0.1, -0.05) is 6.07 Å². The summed E-state index contributed by atoms with van der Waals surface area (Å²) in [6.07, 6.45) is -6.98. The minimum atomic E-state index is -5.91. The van der Waals surface area contributed by atoms with Gasteiger partial charge >= 0.3 is 18.1 Å². The van der Waals surface area contributed by atoms with Crippen molar-refractivity contribution in [2.45, 2.75) is 51.9 Å². The van der Waals surface area contributed by atoms with Crippen LogP contribution in [0.5, 0.6) is 5.75 Å². The molecule has 0 saturated heterocycles. The summed E-state index contributed by atoms with van der Waals surface area (Å²) < 4.78 is 69.1. The average Bonchev–Trinajstić information content (AvgIpc) is 2.81. The van der Waals surface area contributed by atoms with E-state index in [0.29, 0.717) is 5.56 Å². The molecule has 9 nitrogen and oxygen atoms in total. The van der Waals surface area contributed by atoms with E-state index < -0.39 is 66.4 Å². The maximum absolute atomic E-state index is 13.2. The van der Waals surface area contributed by atoms with Crippen LogP contribution in [0.1, 0.15) is 26.3 Å². The van der Waals surface area contributed by atoms with Gasteiger partial charge in [0.25, 0.3) is 5.91 Å². The zero-order chi connectivity index (χ0) is 26.9. The zero-order valence-electron chi connectivity index (χ0n) is 19.1.